The summed E-state index contributed by atoms with van der Waals surface area (Å²) < 4.78 is 18.7. The van der Waals surface area contributed by atoms with E-state index in [0.29, 0.717) is 17.1 Å². The van der Waals surface area contributed by atoms with Crippen LogP contribution in [0.2, 0.25) is 10.0 Å². The highest BCUT2D eigenvalue weighted by atomic mass is 35.5. The molecular formula is C16H23Cl2FN2O2. The number of hydrogen-bond donors (Lipinski definition) is 2. The average molecular weight is 365 g/mol. The molecule has 0 bridgehead atoms. The Bertz CT molecular complexity index is 562. The third kappa shape index (κ3) is 6.94. The van der Waals surface area contributed by atoms with Crippen LogP contribution in [0.1, 0.15) is 46.2 Å². The van der Waals surface area contributed by atoms with Crippen LogP contribution in [0.25, 0.3) is 0 Å². The van der Waals surface area contributed by atoms with Crippen LogP contribution in [0.5, 0.6) is 0 Å². The van der Waals surface area contributed by atoms with Crippen LogP contribution in [0.4, 0.5) is 9.18 Å². The van der Waals surface area contributed by atoms with Crippen molar-refractivity contribution in [2.45, 2.75) is 52.3 Å². The van der Waals surface area contributed by atoms with Crippen molar-refractivity contribution in [3.8, 4) is 0 Å². The first kappa shape index (κ1) is 20.0. The maximum atomic E-state index is 13.6. The molecule has 0 aliphatic carbocycles. The van der Waals surface area contributed by atoms with E-state index in [2.05, 4.69) is 10.6 Å². The van der Waals surface area contributed by atoms with Gasteiger partial charge >= 0.3 is 6.09 Å². The second-order valence-electron chi connectivity index (χ2n) is 6.47. The Hall–Kier alpha value is -1.04. The molecule has 130 valence electrons. The summed E-state index contributed by atoms with van der Waals surface area (Å²) >= 11 is 11.8. The fourth-order valence-electron chi connectivity index (χ4n) is 1.89. The standard InChI is InChI=1S/C16H23Cl2FN2O2/c1-9(21-15(22)23-16(3,4)5)8-20-10(2)11-6-14(19)13(18)7-12(11)17/h6-7,9-10,20H,8H2,1-5H3,(H,21,22). The average Bonchev–Trinajstić information content (AvgIpc) is 2.37. The van der Waals surface area contributed by atoms with Crippen molar-refractivity contribution in [2.24, 2.45) is 0 Å². The fraction of sp³-hybridized carbons (Fsp3) is 0.562. The number of rotatable bonds is 5. The van der Waals surface area contributed by atoms with Gasteiger partial charge in [0, 0.05) is 23.7 Å². The molecular weight excluding hydrogens is 342 g/mol. The van der Waals surface area contributed by atoms with Crippen LogP contribution in [-0.4, -0.2) is 24.3 Å². The molecule has 2 unspecified atom stereocenters. The predicted molar refractivity (Wildman–Crippen MR) is 91.7 cm³/mol. The van der Waals surface area contributed by atoms with Crippen molar-refractivity contribution in [3.63, 3.8) is 0 Å². The minimum atomic E-state index is -0.543. The second-order valence-corrected chi connectivity index (χ2v) is 7.28. The predicted octanol–water partition coefficient (Wildman–Crippen LogP) is 4.70. The molecule has 1 aromatic rings. The van der Waals surface area contributed by atoms with Crippen molar-refractivity contribution < 1.29 is 13.9 Å². The number of hydrogen-bond acceptors (Lipinski definition) is 3. The third-order valence-corrected chi connectivity index (χ3v) is 3.62. The van der Waals surface area contributed by atoms with Gasteiger partial charge in [0.05, 0.1) is 5.02 Å². The Labute approximate surface area is 146 Å². The number of halogens is 3. The molecule has 1 aromatic carbocycles. The van der Waals surface area contributed by atoms with Crippen LogP contribution >= 0.6 is 23.2 Å². The molecule has 0 heterocycles. The summed E-state index contributed by atoms with van der Waals surface area (Å²) in [6, 6.07) is 2.34. The van der Waals surface area contributed by atoms with Crippen LogP contribution in [0.3, 0.4) is 0 Å². The molecule has 0 aliphatic rings. The van der Waals surface area contributed by atoms with Crippen molar-refractivity contribution >= 4 is 29.3 Å². The van der Waals surface area contributed by atoms with Gasteiger partial charge in [-0.1, -0.05) is 23.2 Å². The zero-order valence-corrected chi connectivity index (χ0v) is 15.5. The molecule has 0 saturated heterocycles. The SMILES string of the molecule is CC(CNC(C)c1cc(F)c(Cl)cc1Cl)NC(=O)OC(C)(C)C. The Morgan fingerprint density at radius 3 is 2.43 bits per heavy atom. The van der Waals surface area contributed by atoms with Gasteiger partial charge in [0.2, 0.25) is 0 Å². The van der Waals surface area contributed by atoms with E-state index in [1.165, 1.54) is 12.1 Å². The van der Waals surface area contributed by atoms with E-state index in [0.717, 1.165) is 0 Å². The van der Waals surface area contributed by atoms with Gasteiger partial charge in [-0.05, 0) is 52.3 Å². The van der Waals surface area contributed by atoms with Crippen LogP contribution < -0.4 is 10.6 Å². The Balaban J connectivity index is 2.54. The highest BCUT2D eigenvalue weighted by molar-refractivity contribution is 6.35. The van der Waals surface area contributed by atoms with Gasteiger partial charge in [-0.15, -0.1) is 0 Å². The largest absolute Gasteiger partial charge is 0.444 e. The monoisotopic (exact) mass is 364 g/mol. The van der Waals surface area contributed by atoms with E-state index in [1.54, 1.807) is 20.8 Å². The number of carbonyl (C=O) groups is 1. The van der Waals surface area contributed by atoms with Gasteiger partial charge in [-0.3, -0.25) is 0 Å². The summed E-state index contributed by atoms with van der Waals surface area (Å²) in [4.78, 5) is 11.7. The molecule has 1 amide bonds. The molecule has 7 heteroatoms. The van der Waals surface area contributed by atoms with E-state index in [9.17, 15) is 9.18 Å². The summed E-state index contributed by atoms with van der Waals surface area (Å²) in [5.74, 6) is -0.514. The topological polar surface area (TPSA) is 50.4 Å². The van der Waals surface area contributed by atoms with Gasteiger partial charge in [0.15, 0.2) is 0 Å². The maximum Gasteiger partial charge on any atom is 0.407 e. The smallest absolute Gasteiger partial charge is 0.407 e. The Morgan fingerprint density at radius 2 is 1.87 bits per heavy atom. The number of benzene rings is 1. The molecule has 23 heavy (non-hydrogen) atoms. The van der Waals surface area contributed by atoms with Gasteiger partial charge in [0.1, 0.15) is 11.4 Å². The summed E-state index contributed by atoms with van der Waals surface area (Å²) in [5.41, 5.74) is 0.0665. The number of carbonyl (C=O) groups excluding carboxylic acids is 1. The minimum absolute atomic E-state index is 0.00842. The molecule has 2 atom stereocenters. The van der Waals surface area contributed by atoms with Crippen molar-refractivity contribution in [2.75, 3.05) is 6.54 Å². The molecule has 0 fully saturated rings. The fourth-order valence-corrected chi connectivity index (χ4v) is 2.44. The van der Waals surface area contributed by atoms with Crippen LogP contribution in [0.15, 0.2) is 12.1 Å². The van der Waals surface area contributed by atoms with E-state index in [4.69, 9.17) is 27.9 Å². The lowest BCUT2D eigenvalue weighted by Gasteiger charge is -2.23. The summed E-state index contributed by atoms with van der Waals surface area (Å²) in [6.45, 7) is 9.57. The zero-order chi connectivity index (χ0) is 17.8. The lowest BCUT2D eigenvalue weighted by atomic mass is 10.1. The summed E-state index contributed by atoms with van der Waals surface area (Å²) in [6.07, 6.45) is -0.477. The number of amides is 1. The first-order chi connectivity index (χ1) is 10.5. The van der Waals surface area contributed by atoms with Gasteiger partial charge < -0.3 is 15.4 Å². The zero-order valence-electron chi connectivity index (χ0n) is 14.0. The molecule has 0 saturated carbocycles. The van der Waals surface area contributed by atoms with Gasteiger partial charge in [-0.25, -0.2) is 9.18 Å². The normalized spacial score (nSPS) is 14.3. The lowest BCUT2D eigenvalue weighted by Crippen LogP contribution is -2.43. The summed E-state index contributed by atoms with van der Waals surface area (Å²) in [7, 11) is 0. The molecule has 0 aromatic heterocycles. The number of nitrogens with one attached hydrogen (secondary N) is 2. The van der Waals surface area contributed by atoms with E-state index < -0.39 is 17.5 Å². The van der Waals surface area contributed by atoms with Crippen LogP contribution in [-0.2, 0) is 4.74 Å². The third-order valence-electron chi connectivity index (χ3n) is 3.00. The number of alkyl carbamates (subject to hydrolysis) is 1. The van der Waals surface area contributed by atoms with Gasteiger partial charge in [-0.2, -0.15) is 0 Å². The molecule has 2 N–H and O–H groups in total. The second kappa shape index (κ2) is 8.18. The molecule has 0 aliphatic heterocycles. The minimum Gasteiger partial charge on any atom is -0.444 e. The lowest BCUT2D eigenvalue weighted by molar-refractivity contribution is 0.0507. The van der Waals surface area contributed by atoms with E-state index in [-0.39, 0.29) is 17.1 Å². The summed E-state index contributed by atoms with van der Waals surface area (Å²) in [5, 5.41) is 6.30. The van der Waals surface area contributed by atoms with Crippen molar-refractivity contribution in [1.82, 2.24) is 10.6 Å². The molecule has 4 nitrogen and oxygen atoms in total. The first-order valence-electron chi connectivity index (χ1n) is 7.37. The highest BCUT2D eigenvalue weighted by Gasteiger charge is 2.18. The number of ether oxygens (including phenoxy) is 1. The van der Waals surface area contributed by atoms with E-state index in [1.807, 2.05) is 13.8 Å². The first-order valence-corrected chi connectivity index (χ1v) is 8.12. The van der Waals surface area contributed by atoms with Crippen molar-refractivity contribution in [3.05, 3.63) is 33.6 Å². The Kier molecular flexibility index (Phi) is 7.11. The quantitative estimate of drug-likeness (QED) is 0.744. The van der Waals surface area contributed by atoms with Gasteiger partial charge in [0.25, 0.3) is 0 Å². The van der Waals surface area contributed by atoms with Crippen LogP contribution in [0, 0.1) is 5.82 Å². The molecule has 0 spiro atoms. The van der Waals surface area contributed by atoms with Crippen molar-refractivity contribution in [1.29, 1.82) is 0 Å². The van der Waals surface area contributed by atoms with E-state index >= 15 is 0 Å². The molecule has 0 radical (unpaired) electrons. The highest BCUT2D eigenvalue weighted by Crippen LogP contribution is 2.28. The molecule has 1 rings (SSSR count). The maximum absolute atomic E-state index is 13.6. The Morgan fingerprint density at radius 1 is 1.26 bits per heavy atom.